The molecule has 35 heavy (non-hydrogen) atoms. The van der Waals surface area contributed by atoms with Crippen LogP contribution in [-0.4, -0.2) is 33.3 Å². The summed E-state index contributed by atoms with van der Waals surface area (Å²) < 4.78 is 0. The molecule has 0 aliphatic heterocycles. The van der Waals surface area contributed by atoms with Crippen molar-refractivity contribution in [2.24, 2.45) is 46.3 Å². The van der Waals surface area contributed by atoms with Gasteiger partial charge in [0.1, 0.15) is 0 Å². The second-order valence-corrected chi connectivity index (χ2v) is 13.0. The second-order valence-electron chi connectivity index (χ2n) is 13.0. The van der Waals surface area contributed by atoms with Crippen LogP contribution in [0, 0.1) is 46.3 Å². The van der Waals surface area contributed by atoms with Crippen LogP contribution in [0.25, 0.3) is 0 Å². The Labute approximate surface area is 211 Å². The zero-order chi connectivity index (χ0) is 24.8. The molecule has 1 heterocycles. The summed E-state index contributed by atoms with van der Waals surface area (Å²) in [6, 6.07) is 5.76. The number of carbonyl (C=O) groups is 1. The average molecular weight is 483 g/mol. The highest BCUT2D eigenvalue weighted by atomic mass is 16.3. The third kappa shape index (κ3) is 4.45. The number of nitrogens with zero attached hydrogens (tertiary/aromatic N) is 1. The molecule has 1 aromatic rings. The van der Waals surface area contributed by atoms with E-state index in [1.807, 2.05) is 18.2 Å². The predicted molar refractivity (Wildman–Crippen MR) is 137 cm³/mol. The van der Waals surface area contributed by atoms with Gasteiger partial charge in [0.15, 0.2) is 0 Å². The normalized spacial score (nSPS) is 43.5. The van der Waals surface area contributed by atoms with Gasteiger partial charge in [0.25, 0.3) is 0 Å². The molecule has 0 saturated heterocycles. The minimum Gasteiger partial charge on any atom is -0.393 e. The Morgan fingerprint density at radius 3 is 2.71 bits per heavy atom. The van der Waals surface area contributed by atoms with E-state index in [9.17, 15) is 15.0 Å². The van der Waals surface area contributed by atoms with Gasteiger partial charge in [0.2, 0.25) is 5.91 Å². The van der Waals surface area contributed by atoms with Gasteiger partial charge in [0, 0.05) is 12.6 Å². The summed E-state index contributed by atoms with van der Waals surface area (Å²) in [5.41, 5.74) is 1.12. The third-order valence-corrected chi connectivity index (χ3v) is 11.5. The van der Waals surface area contributed by atoms with Gasteiger partial charge in [-0.15, -0.1) is 0 Å². The molecule has 4 fully saturated rings. The number of pyridine rings is 1. The molecule has 10 atom stereocenters. The van der Waals surface area contributed by atoms with Crippen LogP contribution in [0.2, 0.25) is 0 Å². The van der Waals surface area contributed by atoms with Crippen LogP contribution in [0.15, 0.2) is 24.4 Å². The minimum absolute atomic E-state index is 0.0393. The monoisotopic (exact) mass is 482 g/mol. The zero-order valence-electron chi connectivity index (χ0n) is 22.0. The molecular weight excluding hydrogens is 436 g/mol. The molecule has 0 bridgehead atoms. The van der Waals surface area contributed by atoms with E-state index in [0.717, 1.165) is 37.8 Å². The molecule has 1 aromatic heterocycles. The summed E-state index contributed by atoms with van der Waals surface area (Å²) in [6.07, 6.45) is 11.6. The number of aromatic nitrogens is 1. The highest BCUT2D eigenvalue weighted by Crippen LogP contribution is 2.68. The highest BCUT2D eigenvalue weighted by Gasteiger charge is 2.63. The average Bonchev–Trinajstić information content (AvgIpc) is 3.22. The molecule has 4 saturated carbocycles. The number of amides is 1. The van der Waals surface area contributed by atoms with E-state index in [0.29, 0.717) is 48.5 Å². The number of nitrogens with one attached hydrogen (secondary N) is 1. The standard InChI is InChI=1S/C30H46N2O3/c1-19(7-12-28(35)32-18-21-6-4-5-15-31-21)24-10-11-25-23-9-8-20-16-22(33)13-14-29(20,2)26(23)17-27(34)30(24,25)3/h4-6,15,19-20,22-27,33-34H,7-14,16-18H2,1-3H3,(H,32,35). The van der Waals surface area contributed by atoms with Crippen molar-refractivity contribution >= 4 is 5.91 Å². The Morgan fingerprint density at radius 2 is 1.94 bits per heavy atom. The molecule has 10 unspecified atom stereocenters. The van der Waals surface area contributed by atoms with Crippen molar-refractivity contribution in [3.63, 3.8) is 0 Å². The Balaban J connectivity index is 1.22. The SMILES string of the molecule is CC(CCC(=O)NCc1ccccn1)C1CCC2C3CCC4CC(O)CCC4(C)C3CC(O)C12C. The molecule has 1 amide bonds. The quantitative estimate of drug-likeness (QED) is 0.527. The van der Waals surface area contributed by atoms with Crippen molar-refractivity contribution in [3.05, 3.63) is 30.1 Å². The van der Waals surface area contributed by atoms with E-state index in [4.69, 9.17) is 0 Å². The van der Waals surface area contributed by atoms with Crippen molar-refractivity contribution in [2.45, 2.75) is 104 Å². The van der Waals surface area contributed by atoms with Crippen molar-refractivity contribution < 1.29 is 15.0 Å². The van der Waals surface area contributed by atoms with E-state index in [1.165, 1.54) is 25.7 Å². The first kappa shape index (κ1) is 25.2. The van der Waals surface area contributed by atoms with Crippen molar-refractivity contribution in [3.8, 4) is 0 Å². The fourth-order valence-electron chi connectivity index (χ4n) is 9.50. The van der Waals surface area contributed by atoms with Crippen LogP contribution >= 0.6 is 0 Å². The molecule has 4 aliphatic rings. The maximum atomic E-state index is 12.5. The van der Waals surface area contributed by atoms with E-state index < -0.39 is 0 Å². The van der Waals surface area contributed by atoms with Crippen molar-refractivity contribution in [1.29, 1.82) is 0 Å². The molecule has 4 aliphatic carbocycles. The summed E-state index contributed by atoms with van der Waals surface area (Å²) in [6.45, 7) is 7.65. The van der Waals surface area contributed by atoms with Gasteiger partial charge in [-0.3, -0.25) is 9.78 Å². The maximum Gasteiger partial charge on any atom is 0.220 e. The number of hydrogen-bond acceptors (Lipinski definition) is 4. The zero-order valence-corrected chi connectivity index (χ0v) is 22.0. The lowest BCUT2D eigenvalue weighted by atomic mass is 9.43. The highest BCUT2D eigenvalue weighted by molar-refractivity contribution is 5.75. The summed E-state index contributed by atoms with van der Waals surface area (Å²) in [5, 5.41) is 25.0. The lowest BCUT2D eigenvalue weighted by Gasteiger charge is -2.62. The van der Waals surface area contributed by atoms with Crippen LogP contribution in [0.4, 0.5) is 0 Å². The molecule has 3 N–H and O–H groups in total. The number of hydrogen-bond donors (Lipinski definition) is 3. The first-order valence-electron chi connectivity index (χ1n) is 14.3. The molecule has 0 aromatic carbocycles. The summed E-state index contributed by atoms with van der Waals surface area (Å²) in [5.74, 6) is 3.50. The van der Waals surface area contributed by atoms with E-state index in [-0.39, 0.29) is 28.9 Å². The van der Waals surface area contributed by atoms with Crippen LogP contribution in [0.3, 0.4) is 0 Å². The van der Waals surface area contributed by atoms with Crippen LogP contribution in [-0.2, 0) is 11.3 Å². The molecule has 194 valence electrons. The van der Waals surface area contributed by atoms with E-state index in [2.05, 4.69) is 31.1 Å². The molecular formula is C30H46N2O3. The maximum absolute atomic E-state index is 12.5. The van der Waals surface area contributed by atoms with Gasteiger partial charge < -0.3 is 15.5 Å². The Morgan fingerprint density at radius 1 is 1.11 bits per heavy atom. The number of aliphatic hydroxyl groups is 2. The van der Waals surface area contributed by atoms with Gasteiger partial charge in [-0.05, 0) is 116 Å². The first-order chi connectivity index (χ1) is 16.7. The van der Waals surface area contributed by atoms with Gasteiger partial charge in [-0.2, -0.15) is 0 Å². The lowest BCUT2D eigenvalue weighted by Crippen LogP contribution is -2.58. The molecule has 5 rings (SSSR count). The number of carbonyl (C=O) groups excluding carboxylic acids is 1. The fourth-order valence-corrected chi connectivity index (χ4v) is 9.50. The van der Waals surface area contributed by atoms with E-state index >= 15 is 0 Å². The van der Waals surface area contributed by atoms with E-state index in [1.54, 1.807) is 6.20 Å². The van der Waals surface area contributed by atoms with Crippen LogP contribution in [0.5, 0.6) is 0 Å². The summed E-state index contributed by atoms with van der Waals surface area (Å²) in [7, 11) is 0. The fraction of sp³-hybridized carbons (Fsp3) is 0.800. The number of aliphatic hydroxyl groups excluding tert-OH is 2. The van der Waals surface area contributed by atoms with Crippen LogP contribution < -0.4 is 5.32 Å². The number of rotatable bonds is 6. The third-order valence-electron chi connectivity index (χ3n) is 11.5. The van der Waals surface area contributed by atoms with Crippen molar-refractivity contribution in [2.75, 3.05) is 0 Å². The largest absolute Gasteiger partial charge is 0.393 e. The van der Waals surface area contributed by atoms with Gasteiger partial charge >= 0.3 is 0 Å². The van der Waals surface area contributed by atoms with Gasteiger partial charge in [-0.25, -0.2) is 0 Å². The molecule has 0 radical (unpaired) electrons. The van der Waals surface area contributed by atoms with Gasteiger partial charge in [-0.1, -0.05) is 26.8 Å². The lowest BCUT2D eigenvalue weighted by molar-refractivity contribution is -0.174. The Bertz CT molecular complexity index is 893. The minimum atomic E-state index is -0.260. The van der Waals surface area contributed by atoms with Gasteiger partial charge in [0.05, 0.1) is 24.4 Å². The van der Waals surface area contributed by atoms with Crippen LogP contribution in [0.1, 0.15) is 90.7 Å². The molecule has 5 nitrogen and oxygen atoms in total. The van der Waals surface area contributed by atoms with Crippen molar-refractivity contribution in [1.82, 2.24) is 10.3 Å². The first-order valence-corrected chi connectivity index (χ1v) is 14.3. The molecule has 5 heteroatoms. The molecule has 0 spiro atoms. The summed E-state index contributed by atoms with van der Waals surface area (Å²) >= 11 is 0. The Kier molecular flexibility index (Phi) is 7.04. The second kappa shape index (κ2) is 9.78. The predicted octanol–water partition coefficient (Wildman–Crippen LogP) is 5.10. The topological polar surface area (TPSA) is 82.5 Å². The Hall–Kier alpha value is -1.46. The number of fused-ring (bicyclic) bond motifs is 5. The summed E-state index contributed by atoms with van der Waals surface area (Å²) in [4.78, 5) is 16.8. The smallest absolute Gasteiger partial charge is 0.220 e.